The molecule has 1 saturated carbocycles. The highest BCUT2D eigenvalue weighted by molar-refractivity contribution is 5.95. The van der Waals surface area contributed by atoms with Crippen LogP contribution in [0.15, 0.2) is 42.5 Å². The van der Waals surface area contributed by atoms with Crippen LogP contribution in [-0.4, -0.2) is 37.3 Å². The van der Waals surface area contributed by atoms with Crippen molar-refractivity contribution in [1.82, 2.24) is 0 Å². The van der Waals surface area contributed by atoms with Crippen LogP contribution in [-0.2, 0) is 25.6 Å². The highest BCUT2D eigenvalue weighted by Gasteiger charge is 2.63. The zero-order valence-corrected chi connectivity index (χ0v) is 13.2. The Morgan fingerprint density at radius 3 is 2.55 bits per heavy atom. The molecular formula is C18H22O4. The van der Waals surface area contributed by atoms with Gasteiger partial charge in [0.1, 0.15) is 5.60 Å². The summed E-state index contributed by atoms with van der Waals surface area (Å²) in [4.78, 5) is 12.8. The number of carbonyl (C=O) groups excluding carboxylic acids is 1. The first-order valence-corrected chi connectivity index (χ1v) is 7.56. The molecule has 1 fully saturated rings. The summed E-state index contributed by atoms with van der Waals surface area (Å²) in [5, 5.41) is 0. The second-order valence-electron chi connectivity index (χ2n) is 6.12. The standard InChI is InChI=1S/C18H22O4/c1-17(20-2)16(19)14-9-10-18(17,21-3)11-15(14)22-12-13-7-5-4-6-8-13/h4-10,14-15H,11-12H2,1-3H3/t14-,15-,17+,18-/m0/s1. The molecule has 0 unspecified atom stereocenters. The van der Waals surface area contributed by atoms with Crippen LogP contribution < -0.4 is 0 Å². The maximum absolute atomic E-state index is 12.8. The first kappa shape index (κ1) is 15.4. The summed E-state index contributed by atoms with van der Waals surface area (Å²) < 4.78 is 17.3. The number of methoxy groups -OCH3 is 2. The largest absolute Gasteiger partial charge is 0.372 e. The Kier molecular flexibility index (Phi) is 3.93. The monoisotopic (exact) mass is 302 g/mol. The van der Waals surface area contributed by atoms with Gasteiger partial charge in [0.05, 0.1) is 18.6 Å². The van der Waals surface area contributed by atoms with Gasteiger partial charge in [-0.2, -0.15) is 0 Å². The van der Waals surface area contributed by atoms with Gasteiger partial charge in [-0.1, -0.05) is 42.5 Å². The van der Waals surface area contributed by atoms with Crippen molar-refractivity contribution in [2.24, 2.45) is 5.92 Å². The van der Waals surface area contributed by atoms with E-state index in [0.29, 0.717) is 13.0 Å². The fraction of sp³-hybridized carbons (Fsp3) is 0.500. The Bertz CT molecular complexity index is 582. The first-order chi connectivity index (χ1) is 10.6. The zero-order valence-electron chi connectivity index (χ0n) is 13.2. The molecule has 22 heavy (non-hydrogen) atoms. The maximum Gasteiger partial charge on any atom is 0.177 e. The van der Waals surface area contributed by atoms with Crippen molar-refractivity contribution in [3.8, 4) is 0 Å². The molecule has 0 aliphatic heterocycles. The summed E-state index contributed by atoms with van der Waals surface area (Å²) >= 11 is 0. The predicted molar refractivity (Wildman–Crippen MR) is 82.4 cm³/mol. The molecule has 3 aliphatic rings. The molecule has 1 aromatic rings. The highest BCUT2D eigenvalue weighted by Crippen LogP contribution is 2.48. The molecule has 0 spiro atoms. The van der Waals surface area contributed by atoms with Crippen LogP contribution in [0.2, 0.25) is 0 Å². The molecule has 4 atom stereocenters. The number of hydrogen-bond donors (Lipinski definition) is 0. The minimum absolute atomic E-state index is 0.0312. The number of rotatable bonds is 5. The van der Waals surface area contributed by atoms with Crippen LogP contribution >= 0.6 is 0 Å². The van der Waals surface area contributed by atoms with Crippen LogP contribution in [0.4, 0.5) is 0 Å². The van der Waals surface area contributed by atoms with Gasteiger partial charge in [0.15, 0.2) is 11.4 Å². The molecule has 2 bridgehead atoms. The molecule has 4 rings (SSSR count). The molecule has 4 nitrogen and oxygen atoms in total. The van der Waals surface area contributed by atoms with E-state index in [1.165, 1.54) is 0 Å². The van der Waals surface area contributed by atoms with Crippen molar-refractivity contribution < 1.29 is 19.0 Å². The Hall–Kier alpha value is -1.49. The lowest BCUT2D eigenvalue weighted by molar-refractivity contribution is -0.209. The highest BCUT2D eigenvalue weighted by atomic mass is 16.6. The number of ether oxygens (including phenoxy) is 3. The van der Waals surface area contributed by atoms with Crippen LogP contribution in [0.25, 0.3) is 0 Å². The van der Waals surface area contributed by atoms with Gasteiger partial charge in [-0.15, -0.1) is 0 Å². The van der Waals surface area contributed by atoms with E-state index in [-0.39, 0.29) is 17.8 Å². The number of hydrogen-bond acceptors (Lipinski definition) is 4. The fourth-order valence-electron chi connectivity index (χ4n) is 3.57. The topological polar surface area (TPSA) is 44.8 Å². The Labute approximate surface area is 131 Å². The summed E-state index contributed by atoms with van der Waals surface area (Å²) in [6, 6.07) is 9.97. The summed E-state index contributed by atoms with van der Waals surface area (Å²) in [5.41, 5.74) is -0.607. The quantitative estimate of drug-likeness (QED) is 0.784. The Balaban J connectivity index is 1.80. The molecule has 3 aliphatic carbocycles. The van der Waals surface area contributed by atoms with E-state index in [9.17, 15) is 4.79 Å². The molecule has 0 N–H and O–H groups in total. The lowest BCUT2D eigenvalue weighted by Gasteiger charge is -2.54. The van der Waals surface area contributed by atoms with E-state index >= 15 is 0 Å². The van der Waals surface area contributed by atoms with E-state index in [1.54, 1.807) is 14.2 Å². The molecule has 0 heterocycles. The van der Waals surface area contributed by atoms with E-state index < -0.39 is 11.2 Å². The number of benzene rings is 1. The lowest BCUT2D eigenvalue weighted by atomic mass is 9.61. The van der Waals surface area contributed by atoms with Gasteiger partial charge in [-0.25, -0.2) is 0 Å². The molecular weight excluding hydrogens is 280 g/mol. The minimum atomic E-state index is -0.951. The second-order valence-corrected chi connectivity index (χ2v) is 6.12. The summed E-state index contributed by atoms with van der Waals surface area (Å²) in [5.74, 6) is -0.241. The Morgan fingerprint density at radius 2 is 1.91 bits per heavy atom. The van der Waals surface area contributed by atoms with Crippen molar-refractivity contribution in [2.75, 3.05) is 14.2 Å². The smallest absolute Gasteiger partial charge is 0.177 e. The molecule has 0 amide bonds. The average molecular weight is 302 g/mol. The van der Waals surface area contributed by atoms with Gasteiger partial charge in [0.2, 0.25) is 0 Å². The van der Waals surface area contributed by atoms with Gasteiger partial charge in [0, 0.05) is 20.6 Å². The molecule has 4 heteroatoms. The van der Waals surface area contributed by atoms with Gasteiger partial charge >= 0.3 is 0 Å². The average Bonchev–Trinajstić information content (AvgIpc) is 2.58. The molecule has 1 aromatic carbocycles. The number of ketones is 1. The van der Waals surface area contributed by atoms with Crippen LogP contribution in [0, 0.1) is 5.92 Å². The number of carbonyl (C=O) groups is 1. The van der Waals surface area contributed by atoms with Gasteiger partial charge < -0.3 is 14.2 Å². The summed E-state index contributed by atoms with van der Waals surface area (Å²) in [6.07, 6.45) is 4.31. The molecule has 0 saturated heterocycles. The molecule has 0 aromatic heterocycles. The van der Waals surface area contributed by atoms with Gasteiger partial charge in [-0.3, -0.25) is 4.79 Å². The van der Waals surface area contributed by atoms with E-state index in [4.69, 9.17) is 14.2 Å². The molecule has 0 radical (unpaired) electrons. The van der Waals surface area contributed by atoms with E-state index in [2.05, 4.69) is 0 Å². The SMILES string of the molecule is CO[C@]12C=C[C@H](C(=O)[C@@]1(C)OC)[C@@H](OCc1ccccc1)C2. The summed E-state index contributed by atoms with van der Waals surface area (Å²) in [6.45, 7) is 2.30. The zero-order chi connectivity index (χ0) is 15.8. The normalized spacial score (nSPS) is 36.8. The number of fused-ring (bicyclic) bond motifs is 2. The fourth-order valence-corrected chi connectivity index (χ4v) is 3.57. The second kappa shape index (κ2) is 5.61. The van der Waals surface area contributed by atoms with E-state index in [1.807, 2.05) is 49.4 Å². The summed E-state index contributed by atoms with van der Waals surface area (Å²) in [7, 11) is 3.18. The Morgan fingerprint density at radius 1 is 1.18 bits per heavy atom. The predicted octanol–water partition coefficient (Wildman–Crippen LogP) is 2.52. The first-order valence-electron chi connectivity index (χ1n) is 7.56. The van der Waals surface area contributed by atoms with Crippen LogP contribution in [0.5, 0.6) is 0 Å². The number of Topliss-reactive ketones (excluding diaryl/α,β-unsaturated/α-hetero) is 1. The third kappa shape index (κ3) is 2.14. The van der Waals surface area contributed by atoms with Crippen molar-refractivity contribution in [3.63, 3.8) is 0 Å². The van der Waals surface area contributed by atoms with Gasteiger partial charge in [0.25, 0.3) is 0 Å². The van der Waals surface area contributed by atoms with E-state index in [0.717, 1.165) is 5.56 Å². The van der Waals surface area contributed by atoms with Crippen molar-refractivity contribution in [1.29, 1.82) is 0 Å². The van der Waals surface area contributed by atoms with Crippen LogP contribution in [0.1, 0.15) is 18.9 Å². The third-order valence-corrected chi connectivity index (χ3v) is 5.14. The third-order valence-electron chi connectivity index (χ3n) is 5.14. The van der Waals surface area contributed by atoms with Gasteiger partial charge in [-0.05, 0) is 12.5 Å². The minimum Gasteiger partial charge on any atom is -0.372 e. The van der Waals surface area contributed by atoms with Crippen molar-refractivity contribution >= 4 is 5.78 Å². The lowest BCUT2D eigenvalue weighted by Crippen LogP contribution is -2.69. The van der Waals surface area contributed by atoms with Crippen molar-refractivity contribution in [3.05, 3.63) is 48.0 Å². The molecule has 118 valence electrons. The van der Waals surface area contributed by atoms with Crippen molar-refractivity contribution in [2.45, 2.75) is 37.3 Å². The van der Waals surface area contributed by atoms with Crippen LogP contribution in [0.3, 0.4) is 0 Å². The maximum atomic E-state index is 12.8.